The van der Waals surface area contributed by atoms with E-state index in [2.05, 4.69) is 15.0 Å². The Bertz CT molecular complexity index is 568. The Balaban J connectivity index is 2.93. The van der Waals surface area contributed by atoms with E-state index in [0.717, 1.165) is 4.57 Å². The number of rotatable bonds is 1. The van der Waals surface area contributed by atoms with E-state index < -0.39 is 16.4 Å². The largest absolute Gasteiger partial charge is 0.436 e. The second kappa shape index (κ2) is 2.62. The summed E-state index contributed by atoms with van der Waals surface area (Å²) in [7, 11) is 1.43. The van der Waals surface area contributed by atoms with Crippen LogP contribution in [0.1, 0.15) is 0 Å². The van der Waals surface area contributed by atoms with Crippen molar-refractivity contribution >= 4 is 17.1 Å². The third-order valence-electron chi connectivity index (χ3n) is 1.80. The molecule has 8 heteroatoms. The fourth-order valence-corrected chi connectivity index (χ4v) is 1.16. The Morgan fingerprint density at radius 2 is 2.36 bits per heavy atom. The predicted molar refractivity (Wildman–Crippen MR) is 45.8 cm³/mol. The number of nitro groups is 1. The highest BCUT2D eigenvalue weighted by Gasteiger charge is 2.21. The van der Waals surface area contributed by atoms with Crippen LogP contribution >= 0.6 is 0 Å². The van der Waals surface area contributed by atoms with Crippen molar-refractivity contribution in [3.8, 4) is 0 Å². The summed E-state index contributed by atoms with van der Waals surface area (Å²) in [6.07, 6.45) is 1.18. The molecule has 0 spiro atoms. The molecule has 0 aliphatic rings. The summed E-state index contributed by atoms with van der Waals surface area (Å²) >= 11 is 0. The molecule has 2 aromatic heterocycles. The van der Waals surface area contributed by atoms with Crippen LogP contribution in [-0.2, 0) is 7.05 Å². The second-order valence-electron chi connectivity index (χ2n) is 2.63. The molecule has 0 radical (unpaired) electrons. The van der Waals surface area contributed by atoms with E-state index in [9.17, 15) is 14.9 Å². The minimum absolute atomic E-state index is 0.0262. The highest BCUT2D eigenvalue weighted by atomic mass is 16.6. The minimum Gasteiger partial charge on any atom is -0.390 e. The van der Waals surface area contributed by atoms with Gasteiger partial charge in [-0.3, -0.25) is 4.79 Å². The van der Waals surface area contributed by atoms with Crippen LogP contribution in [0.4, 0.5) is 5.95 Å². The van der Waals surface area contributed by atoms with Gasteiger partial charge in [-0.2, -0.15) is 0 Å². The highest BCUT2D eigenvalue weighted by Crippen LogP contribution is 2.13. The molecular formula is C6H5N5O3. The van der Waals surface area contributed by atoms with Crippen molar-refractivity contribution < 1.29 is 4.92 Å². The molecule has 0 saturated carbocycles. The molecule has 72 valence electrons. The molecule has 1 N–H and O–H groups in total. The zero-order chi connectivity index (χ0) is 10.3. The van der Waals surface area contributed by atoms with E-state index in [0.29, 0.717) is 0 Å². The first-order chi connectivity index (χ1) is 6.61. The zero-order valence-corrected chi connectivity index (χ0v) is 7.09. The van der Waals surface area contributed by atoms with Crippen molar-refractivity contribution in [2.75, 3.05) is 0 Å². The molecular weight excluding hydrogens is 190 g/mol. The summed E-state index contributed by atoms with van der Waals surface area (Å²) in [6, 6.07) is 0. The fraction of sp³-hybridized carbons (Fsp3) is 0.167. The smallest absolute Gasteiger partial charge is 0.390 e. The second-order valence-corrected chi connectivity index (χ2v) is 2.63. The molecule has 0 aliphatic heterocycles. The Hall–Kier alpha value is -2.25. The van der Waals surface area contributed by atoms with Crippen molar-refractivity contribution in [2.24, 2.45) is 7.05 Å². The highest BCUT2D eigenvalue weighted by molar-refractivity contribution is 5.71. The number of aryl methyl sites for hydroxylation is 1. The molecule has 2 heterocycles. The van der Waals surface area contributed by atoms with Gasteiger partial charge in [0.25, 0.3) is 11.1 Å². The van der Waals surface area contributed by atoms with Gasteiger partial charge in [0.1, 0.15) is 0 Å². The fourth-order valence-electron chi connectivity index (χ4n) is 1.16. The first-order valence-corrected chi connectivity index (χ1v) is 3.66. The molecule has 0 fully saturated rings. The zero-order valence-electron chi connectivity index (χ0n) is 7.09. The van der Waals surface area contributed by atoms with Crippen LogP contribution < -0.4 is 5.56 Å². The Kier molecular flexibility index (Phi) is 1.56. The summed E-state index contributed by atoms with van der Waals surface area (Å²) in [5, 5.41) is 10.5. The van der Waals surface area contributed by atoms with Crippen molar-refractivity contribution in [3.05, 3.63) is 26.8 Å². The van der Waals surface area contributed by atoms with Crippen LogP contribution in [0.2, 0.25) is 0 Å². The van der Waals surface area contributed by atoms with Gasteiger partial charge in [0.05, 0.1) is 13.4 Å². The molecule has 0 saturated heterocycles. The van der Waals surface area contributed by atoms with E-state index in [4.69, 9.17) is 0 Å². The first kappa shape index (κ1) is 8.35. The number of imidazole rings is 1. The van der Waals surface area contributed by atoms with Gasteiger partial charge < -0.3 is 15.1 Å². The average Bonchev–Trinajstić information content (AvgIpc) is 2.46. The van der Waals surface area contributed by atoms with Crippen LogP contribution in [-0.4, -0.2) is 24.4 Å². The van der Waals surface area contributed by atoms with Gasteiger partial charge in [-0.05, 0) is 4.92 Å². The predicted octanol–water partition coefficient (Wildman–Crippen LogP) is -0.435. The van der Waals surface area contributed by atoms with E-state index >= 15 is 0 Å². The normalized spacial score (nSPS) is 10.6. The summed E-state index contributed by atoms with van der Waals surface area (Å²) in [4.78, 5) is 30.6. The topological polar surface area (TPSA) is 107 Å². The molecule has 0 aromatic carbocycles. The van der Waals surface area contributed by atoms with Gasteiger partial charge in [-0.15, -0.1) is 0 Å². The van der Waals surface area contributed by atoms with Gasteiger partial charge in [0, 0.05) is 0 Å². The lowest BCUT2D eigenvalue weighted by Crippen LogP contribution is -2.06. The maximum atomic E-state index is 11.2. The van der Waals surface area contributed by atoms with Gasteiger partial charge in [-0.1, -0.05) is 4.98 Å². The van der Waals surface area contributed by atoms with Crippen LogP contribution in [0.5, 0.6) is 0 Å². The van der Waals surface area contributed by atoms with Gasteiger partial charge in [0.2, 0.25) is 5.65 Å². The molecule has 2 aromatic rings. The molecule has 0 atom stereocenters. The maximum absolute atomic E-state index is 11.2. The lowest BCUT2D eigenvalue weighted by Gasteiger charge is -1.91. The van der Waals surface area contributed by atoms with Crippen LogP contribution in [0.25, 0.3) is 11.2 Å². The monoisotopic (exact) mass is 195 g/mol. The number of aromatic amines is 1. The van der Waals surface area contributed by atoms with E-state index in [1.54, 1.807) is 0 Å². The number of aromatic nitrogens is 4. The molecule has 14 heavy (non-hydrogen) atoms. The number of hydrogen-bond acceptors (Lipinski definition) is 5. The van der Waals surface area contributed by atoms with Crippen molar-refractivity contribution in [2.45, 2.75) is 0 Å². The number of H-pyrrole nitrogens is 1. The van der Waals surface area contributed by atoms with E-state index in [1.165, 1.54) is 13.4 Å². The lowest BCUT2D eigenvalue weighted by molar-refractivity contribution is -0.396. The van der Waals surface area contributed by atoms with Crippen LogP contribution in [0.3, 0.4) is 0 Å². The summed E-state index contributed by atoms with van der Waals surface area (Å²) in [6.45, 7) is 0. The Morgan fingerprint density at radius 1 is 1.64 bits per heavy atom. The third kappa shape index (κ3) is 0.969. The van der Waals surface area contributed by atoms with Crippen molar-refractivity contribution in [1.82, 2.24) is 19.5 Å². The molecule has 0 amide bonds. The summed E-state index contributed by atoms with van der Waals surface area (Å²) in [5.74, 6) is -0.399. The van der Waals surface area contributed by atoms with E-state index in [1.807, 2.05) is 0 Å². The minimum atomic E-state index is -0.666. The summed E-state index contributed by atoms with van der Waals surface area (Å²) in [5.41, 5.74) is -0.319. The number of fused-ring (bicyclic) bond motifs is 1. The molecule has 8 nitrogen and oxygen atoms in total. The maximum Gasteiger partial charge on any atom is 0.436 e. The summed E-state index contributed by atoms with van der Waals surface area (Å²) < 4.78 is 1.16. The van der Waals surface area contributed by atoms with Crippen LogP contribution in [0.15, 0.2) is 11.1 Å². The number of nitrogens with one attached hydrogen (secondary N) is 1. The third-order valence-corrected chi connectivity index (χ3v) is 1.80. The molecule has 0 aliphatic carbocycles. The van der Waals surface area contributed by atoms with Gasteiger partial charge in [-0.25, -0.2) is 9.55 Å². The number of nitrogens with zero attached hydrogens (tertiary/aromatic N) is 4. The van der Waals surface area contributed by atoms with Crippen molar-refractivity contribution in [3.63, 3.8) is 0 Å². The molecule has 2 rings (SSSR count). The Morgan fingerprint density at radius 3 is 2.93 bits per heavy atom. The van der Waals surface area contributed by atoms with E-state index in [-0.39, 0.29) is 11.2 Å². The Labute approximate surface area is 76.4 Å². The molecule has 0 unspecified atom stereocenters. The quantitative estimate of drug-likeness (QED) is 0.490. The van der Waals surface area contributed by atoms with Crippen molar-refractivity contribution in [1.29, 1.82) is 0 Å². The first-order valence-electron chi connectivity index (χ1n) is 3.66. The lowest BCUT2D eigenvalue weighted by atomic mass is 10.5. The van der Waals surface area contributed by atoms with Gasteiger partial charge >= 0.3 is 5.95 Å². The number of hydrogen-bond donors (Lipinski definition) is 1. The SMILES string of the molecule is Cn1c([N+](=O)[O-])nc2c(=O)[nH]cnc21. The van der Waals surface area contributed by atoms with Gasteiger partial charge in [0.15, 0.2) is 0 Å². The van der Waals surface area contributed by atoms with Crippen LogP contribution in [0, 0.1) is 10.1 Å². The standard InChI is InChI=1S/C6H5N5O3/c1-10-4-3(5(12)8-2-7-4)9-6(10)11(13)14/h2H,1H3,(H,7,8,12). The average molecular weight is 195 g/mol. The molecule has 0 bridgehead atoms.